The summed E-state index contributed by atoms with van der Waals surface area (Å²) in [5, 5.41) is 3.25. The van der Waals surface area contributed by atoms with Gasteiger partial charge in [0.25, 0.3) is 5.91 Å². The second-order valence-electron chi connectivity index (χ2n) is 7.14. The number of carbonyl (C=O) groups is 1. The van der Waals surface area contributed by atoms with E-state index in [-0.39, 0.29) is 18.1 Å². The molecular weight excluding hydrogens is 410 g/mol. The zero-order chi connectivity index (χ0) is 22.1. The fraction of sp³-hybridized carbons (Fsp3) is 0.120. The molecule has 0 radical (unpaired) electrons. The summed E-state index contributed by atoms with van der Waals surface area (Å²) < 4.78 is 22.3. The molecule has 0 saturated carbocycles. The van der Waals surface area contributed by atoms with Gasteiger partial charge in [0.15, 0.2) is 16.9 Å². The maximum absolute atomic E-state index is 12.7. The number of para-hydroxylation sites is 1. The van der Waals surface area contributed by atoms with E-state index >= 15 is 0 Å². The topological polar surface area (TPSA) is 87.0 Å². The molecule has 0 atom stereocenters. The van der Waals surface area contributed by atoms with Gasteiger partial charge in [-0.2, -0.15) is 0 Å². The average molecular weight is 429 g/mol. The predicted octanol–water partition coefficient (Wildman–Crippen LogP) is 4.84. The third-order valence-electron chi connectivity index (χ3n) is 5.07. The second kappa shape index (κ2) is 8.11. The minimum Gasteiger partial charge on any atom is -0.493 e. The molecule has 32 heavy (non-hydrogen) atoms. The highest BCUT2D eigenvalue weighted by molar-refractivity contribution is 6.05. The molecule has 2 heterocycles. The van der Waals surface area contributed by atoms with Crippen molar-refractivity contribution in [2.45, 2.75) is 6.92 Å². The first-order chi connectivity index (χ1) is 15.6. The highest BCUT2D eigenvalue weighted by Gasteiger charge is 2.17. The third kappa shape index (κ3) is 3.65. The van der Waals surface area contributed by atoms with Gasteiger partial charge in [0.1, 0.15) is 17.1 Å². The Hall–Kier alpha value is -4.26. The number of hydrogen-bond donors (Lipinski definition) is 1. The van der Waals surface area contributed by atoms with Gasteiger partial charge in [-0.3, -0.25) is 9.59 Å². The van der Waals surface area contributed by atoms with Crippen LogP contribution >= 0.6 is 0 Å². The van der Waals surface area contributed by atoms with Crippen molar-refractivity contribution in [2.24, 2.45) is 0 Å². The zero-order valence-electron chi connectivity index (χ0n) is 17.2. The molecule has 1 aromatic heterocycles. The molecule has 0 unspecified atom stereocenters. The lowest BCUT2D eigenvalue weighted by Crippen LogP contribution is -2.12. The van der Waals surface area contributed by atoms with Gasteiger partial charge in [0.05, 0.1) is 17.6 Å². The van der Waals surface area contributed by atoms with Crippen molar-refractivity contribution in [3.8, 4) is 28.6 Å². The number of benzene rings is 3. The molecule has 0 spiro atoms. The Morgan fingerprint density at radius 1 is 1.00 bits per heavy atom. The molecule has 0 aliphatic carbocycles. The first-order valence-electron chi connectivity index (χ1n) is 10.1. The van der Waals surface area contributed by atoms with Crippen LogP contribution in [0.5, 0.6) is 17.2 Å². The molecule has 1 N–H and O–H groups in total. The molecular formula is C25H19NO6. The number of nitrogens with one attached hydrogen (secondary N) is 1. The van der Waals surface area contributed by atoms with Crippen LogP contribution in [0.25, 0.3) is 22.3 Å². The highest BCUT2D eigenvalue weighted by Crippen LogP contribution is 2.33. The van der Waals surface area contributed by atoms with Crippen LogP contribution in [0.3, 0.4) is 0 Å². The van der Waals surface area contributed by atoms with Crippen LogP contribution in [0.1, 0.15) is 17.3 Å². The highest BCUT2D eigenvalue weighted by atomic mass is 16.7. The summed E-state index contributed by atoms with van der Waals surface area (Å²) >= 11 is 0. The van der Waals surface area contributed by atoms with E-state index in [4.69, 9.17) is 18.6 Å². The lowest BCUT2D eigenvalue weighted by molar-refractivity contribution is 0.102. The summed E-state index contributed by atoms with van der Waals surface area (Å²) in [7, 11) is 0. The van der Waals surface area contributed by atoms with E-state index in [0.29, 0.717) is 57.4 Å². The number of fused-ring (bicyclic) bond motifs is 2. The van der Waals surface area contributed by atoms with E-state index < -0.39 is 0 Å². The van der Waals surface area contributed by atoms with Crippen LogP contribution in [-0.4, -0.2) is 19.3 Å². The second-order valence-corrected chi connectivity index (χ2v) is 7.14. The standard InChI is InChI=1S/C25H19NO6/c1-2-29-20-6-4-3-5-18(20)23-13-19(27)17-9-8-16(12-22(17)32-23)26-25(28)15-7-10-21-24(11-15)31-14-30-21/h3-13H,2,14H2,1H3,(H,26,28). The van der Waals surface area contributed by atoms with Gasteiger partial charge in [0, 0.05) is 23.4 Å². The van der Waals surface area contributed by atoms with Crippen molar-refractivity contribution in [3.05, 3.63) is 82.5 Å². The lowest BCUT2D eigenvalue weighted by Gasteiger charge is -2.10. The Kier molecular flexibility index (Phi) is 4.99. The fourth-order valence-electron chi connectivity index (χ4n) is 3.56. The summed E-state index contributed by atoms with van der Waals surface area (Å²) in [5.74, 6) is 1.84. The van der Waals surface area contributed by atoms with E-state index in [1.165, 1.54) is 6.07 Å². The Labute approximate surface area is 183 Å². The van der Waals surface area contributed by atoms with Crippen molar-refractivity contribution in [3.63, 3.8) is 0 Å². The number of rotatable bonds is 5. The van der Waals surface area contributed by atoms with E-state index in [0.717, 1.165) is 0 Å². The van der Waals surface area contributed by atoms with Gasteiger partial charge in [-0.05, 0) is 49.4 Å². The predicted molar refractivity (Wildman–Crippen MR) is 120 cm³/mol. The molecule has 5 rings (SSSR count). The van der Waals surface area contributed by atoms with Gasteiger partial charge in [-0.25, -0.2) is 0 Å². The Bertz CT molecular complexity index is 1390. The number of anilines is 1. The Balaban J connectivity index is 1.48. The van der Waals surface area contributed by atoms with E-state index in [1.54, 1.807) is 36.4 Å². The molecule has 0 bridgehead atoms. The quantitative estimate of drug-likeness (QED) is 0.489. The number of carbonyl (C=O) groups excluding carboxylic acids is 1. The monoisotopic (exact) mass is 429 g/mol. The molecule has 7 heteroatoms. The normalized spacial score (nSPS) is 12.0. The van der Waals surface area contributed by atoms with Crippen LogP contribution in [-0.2, 0) is 0 Å². The molecule has 1 aliphatic rings. The molecule has 0 saturated heterocycles. The van der Waals surface area contributed by atoms with Crippen molar-refractivity contribution < 1.29 is 23.4 Å². The fourth-order valence-corrected chi connectivity index (χ4v) is 3.56. The molecule has 1 amide bonds. The van der Waals surface area contributed by atoms with E-state index in [2.05, 4.69) is 5.32 Å². The van der Waals surface area contributed by atoms with Crippen LogP contribution in [0.4, 0.5) is 5.69 Å². The van der Waals surface area contributed by atoms with Gasteiger partial charge in [-0.1, -0.05) is 12.1 Å². The van der Waals surface area contributed by atoms with Crippen LogP contribution < -0.4 is 25.0 Å². The molecule has 0 fully saturated rings. The van der Waals surface area contributed by atoms with Crippen molar-refractivity contribution in [1.82, 2.24) is 0 Å². The van der Waals surface area contributed by atoms with Gasteiger partial charge in [-0.15, -0.1) is 0 Å². The first kappa shape index (κ1) is 19.7. The smallest absolute Gasteiger partial charge is 0.255 e. The van der Waals surface area contributed by atoms with Crippen LogP contribution in [0, 0.1) is 0 Å². The summed E-state index contributed by atoms with van der Waals surface area (Å²) in [4.78, 5) is 25.4. The van der Waals surface area contributed by atoms with Crippen molar-refractivity contribution in [2.75, 3.05) is 18.7 Å². The van der Waals surface area contributed by atoms with Crippen molar-refractivity contribution in [1.29, 1.82) is 0 Å². The summed E-state index contributed by atoms with van der Waals surface area (Å²) in [6.07, 6.45) is 0. The zero-order valence-corrected chi connectivity index (χ0v) is 17.2. The summed E-state index contributed by atoms with van der Waals surface area (Å²) in [6, 6.07) is 18.7. The first-order valence-corrected chi connectivity index (χ1v) is 10.1. The Morgan fingerprint density at radius 3 is 2.72 bits per heavy atom. The van der Waals surface area contributed by atoms with Crippen molar-refractivity contribution >= 4 is 22.6 Å². The summed E-state index contributed by atoms with van der Waals surface area (Å²) in [5.41, 5.74) is 1.79. The largest absolute Gasteiger partial charge is 0.493 e. The number of ether oxygens (including phenoxy) is 3. The molecule has 1 aliphatic heterocycles. The molecule has 4 aromatic rings. The molecule has 160 valence electrons. The summed E-state index contributed by atoms with van der Waals surface area (Å²) in [6.45, 7) is 2.52. The third-order valence-corrected chi connectivity index (χ3v) is 5.07. The van der Waals surface area contributed by atoms with Gasteiger partial charge >= 0.3 is 0 Å². The molecule has 7 nitrogen and oxygen atoms in total. The number of amides is 1. The van der Waals surface area contributed by atoms with Gasteiger partial charge < -0.3 is 23.9 Å². The minimum absolute atomic E-state index is 0.138. The van der Waals surface area contributed by atoms with E-state index in [1.807, 2.05) is 31.2 Å². The maximum atomic E-state index is 12.7. The number of hydrogen-bond acceptors (Lipinski definition) is 6. The Morgan fingerprint density at radius 2 is 1.84 bits per heavy atom. The van der Waals surface area contributed by atoms with E-state index in [9.17, 15) is 9.59 Å². The van der Waals surface area contributed by atoms with Gasteiger partial charge in [0.2, 0.25) is 6.79 Å². The SMILES string of the molecule is CCOc1ccccc1-c1cc(=O)c2ccc(NC(=O)c3ccc4c(c3)OCO4)cc2o1. The maximum Gasteiger partial charge on any atom is 0.255 e. The minimum atomic E-state index is -0.317. The van der Waals surface area contributed by atoms with Crippen LogP contribution in [0.2, 0.25) is 0 Å². The lowest BCUT2D eigenvalue weighted by atomic mass is 10.1. The molecule has 3 aromatic carbocycles. The van der Waals surface area contributed by atoms with Crippen LogP contribution in [0.15, 0.2) is 75.9 Å². The average Bonchev–Trinajstić information content (AvgIpc) is 3.27.